The lowest BCUT2D eigenvalue weighted by Gasteiger charge is -2.15. The highest BCUT2D eigenvalue weighted by Gasteiger charge is 2.19. The van der Waals surface area contributed by atoms with E-state index in [2.05, 4.69) is 9.98 Å². The third kappa shape index (κ3) is 3.47. The van der Waals surface area contributed by atoms with E-state index in [1.165, 1.54) is 0 Å². The first-order chi connectivity index (χ1) is 9.56. The normalized spacial score (nSPS) is 15.2. The largest absolute Gasteiger partial charge is 0.370 e. The average molecular weight is 274 g/mol. The Balaban J connectivity index is 2.19. The molecule has 1 aromatic rings. The number of amides is 1. The second-order valence-electron chi connectivity index (χ2n) is 4.56. The topological polar surface area (TPSA) is 123 Å². The summed E-state index contributed by atoms with van der Waals surface area (Å²) in [6.07, 6.45) is 2.11. The monoisotopic (exact) mass is 274 g/mol. The van der Waals surface area contributed by atoms with Crippen molar-refractivity contribution in [3.8, 4) is 0 Å². The van der Waals surface area contributed by atoms with Gasteiger partial charge in [0.05, 0.1) is 5.69 Å². The van der Waals surface area contributed by atoms with Crippen molar-refractivity contribution in [3.05, 3.63) is 29.8 Å². The summed E-state index contributed by atoms with van der Waals surface area (Å²) in [6, 6.07) is 6.92. The predicted octanol–water partition coefficient (Wildman–Crippen LogP) is 0.142. The minimum absolute atomic E-state index is 0.0139. The molecule has 1 saturated heterocycles. The first kappa shape index (κ1) is 13.9. The van der Waals surface area contributed by atoms with Crippen LogP contribution in [0.1, 0.15) is 23.2 Å². The van der Waals surface area contributed by atoms with E-state index >= 15 is 0 Å². The van der Waals surface area contributed by atoms with Gasteiger partial charge in [0.25, 0.3) is 5.91 Å². The van der Waals surface area contributed by atoms with Crippen molar-refractivity contribution in [2.24, 2.45) is 27.2 Å². The molecule has 6 N–H and O–H groups in total. The first-order valence-electron chi connectivity index (χ1n) is 6.39. The quantitative estimate of drug-likeness (QED) is 0.524. The summed E-state index contributed by atoms with van der Waals surface area (Å²) in [4.78, 5) is 21.8. The fourth-order valence-corrected chi connectivity index (χ4v) is 2.10. The smallest absolute Gasteiger partial charge is 0.253 e. The maximum absolute atomic E-state index is 12.2. The Morgan fingerprint density at radius 1 is 1.15 bits per heavy atom. The number of guanidine groups is 2. The zero-order valence-electron chi connectivity index (χ0n) is 11.1. The summed E-state index contributed by atoms with van der Waals surface area (Å²) in [7, 11) is 0. The molecule has 106 valence electrons. The lowest BCUT2D eigenvalue weighted by molar-refractivity contribution is 0.0793. The van der Waals surface area contributed by atoms with Gasteiger partial charge in [-0.25, -0.2) is 4.99 Å². The second kappa shape index (κ2) is 6.05. The number of aliphatic imine (C=N–C) groups is 2. The zero-order chi connectivity index (χ0) is 14.5. The summed E-state index contributed by atoms with van der Waals surface area (Å²) in [5.74, 6) is -0.189. The van der Waals surface area contributed by atoms with Gasteiger partial charge in [0, 0.05) is 18.7 Å². The molecule has 1 aliphatic rings. The maximum atomic E-state index is 12.2. The highest BCUT2D eigenvalue weighted by atomic mass is 16.2. The van der Waals surface area contributed by atoms with E-state index in [-0.39, 0.29) is 17.8 Å². The van der Waals surface area contributed by atoms with Gasteiger partial charge in [-0.3, -0.25) is 4.79 Å². The molecule has 0 aromatic heterocycles. The summed E-state index contributed by atoms with van der Waals surface area (Å²) < 4.78 is 0. The number of hydrogen-bond donors (Lipinski definition) is 3. The van der Waals surface area contributed by atoms with Gasteiger partial charge in [-0.2, -0.15) is 4.99 Å². The van der Waals surface area contributed by atoms with Crippen molar-refractivity contribution in [2.45, 2.75) is 12.8 Å². The maximum Gasteiger partial charge on any atom is 0.253 e. The molecule has 0 atom stereocenters. The van der Waals surface area contributed by atoms with Crippen molar-refractivity contribution in [1.82, 2.24) is 4.90 Å². The van der Waals surface area contributed by atoms with E-state index in [9.17, 15) is 4.79 Å². The van der Waals surface area contributed by atoms with Crippen LogP contribution in [-0.2, 0) is 0 Å². The Kier molecular flexibility index (Phi) is 4.19. The van der Waals surface area contributed by atoms with Crippen molar-refractivity contribution < 1.29 is 4.79 Å². The molecule has 20 heavy (non-hydrogen) atoms. The molecule has 0 radical (unpaired) electrons. The number of rotatable bonds is 2. The average Bonchev–Trinajstić information content (AvgIpc) is 2.91. The van der Waals surface area contributed by atoms with E-state index in [4.69, 9.17) is 17.2 Å². The lowest BCUT2D eigenvalue weighted by Crippen LogP contribution is -2.27. The van der Waals surface area contributed by atoms with Crippen molar-refractivity contribution in [2.75, 3.05) is 13.1 Å². The molecular formula is C13H18N6O. The van der Waals surface area contributed by atoms with E-state index in [0.717, 1.165) is 25.9 Å². The van der Waals surface area contributed by atoms with Gasteiger partial charge in [0.15, 0.2) is 5.96 Å². The third-order valence-corrected chi connectivity index (χ3v) is 2.97. The molecule has 7 nitrogen and oxygen atoms in total. The lowest BCUT2D eigenvalue weighted by atomic mass is 10.2. The Hall–Kier alpha value is -2.57. The number of nitrogens with two attached hydrogens (primary N) is 3. The molecule has 1 fully saturated rings. The van der Waals surface area contributed by atoms with Crippen molar-refractivity contribution in [1.29, 1.82) is 0 Å². The minimum atomic E-state index is -0.157. The van der Waals surface area contributed by atoms with Gasteiger partial charge in [0.1, 0.15) is 0 Å². The molecular weight excluding hydrogens is 256 g/mol. The van der Waals surface area contributed by atoms with E-state index in [0.29, 0.717) is 11.3 Å². The molecule has 1 amide bonds. The van der Waals surface area contributed by atoms with Crippen LogP contribution in [0.25, 0.3) is 0 Å². The molecule has 7 heteroatoms. The molecule has 0 bridgehead atoms. The highest BCUT2D eigenvalue weighted by Crippen LogP contribution is 2.18. The SMILES string of the molecule is NC(N)=NC(N)=Nc1cccc(C(=O)N2CCCC2)c1. The Bertz CT molecular complexity index is 556. The highest BCUT2D eigenvalue weighted by molar-refractivity contribution is 5.96. The fraction of sp³-hybridized carbons (Fsp3) is 0.308. The van der Waals surface area contributed by atoms with Crippen LogP contribution in [0.5, 0.6) is 0 Å². The van der Waals surface area contributed by atoms with Crippen LogP contribution in [0.4, 0.5) is 5.69 Å². The Morgan fingerprint density at radius 3 is 2.50 bits per heavy atom. The van der Waals surface area contributed by atoms with Gasteiger partial charge in [-0.15, -0.1) is 0 Å². The molecule has 2 rings (SSSR count). The summed E-state index contributed by atoms with van der Waals surface area (Å²) in [5, 5.41) is 0. The van der Waals surface area contributed by atoms with Crippen molar-refractivity contribution in [3.63, 3.8) is 0 Å². The van der Waals surface area contributed by atoms with E-state index in [1.54, 1.807) is 24.3 Å². The molecule has 0 aliphatic carbocycles. The van der Waals surface area contributed by atoms with Gasteiger partial charge in [0.2, 0.25) is 5.96 Å². The molecule has 1 aromatic carbocycles. The van der Waals surface area contributed by atoms with Gasteiger partial charge in [-0.05, 0) is 31.0 Å². The van der Waals surface area contributed by atoms with Crippen molar-refractivity contribution >= 4 is 23.5 Å². The van der Waals surface area contributed by atoms with Gasteiger partial charge < -0.3 is 22.1 Å². The fourth-order valence-electron chi connectivity index (χ4n) is 2.10. The number of carbonyl (C=O) groups is 1. The number of likely N-dealkylation sites (tertiary alicyclic amines) is 1. The number of nitrogens with zero attached hydrogens (tertiary/aromatic N) is 3. The minimum Gasteiger partial charge on any atom is -0.370 e. The van der Waals surface area contributed by atoms with Crippen LogP contribution in [0.15, 0.2) is 34.3 Å². The van der Waals surface area contributed by atoms with E-state index < -0.39 is 0 Å². The molecule has 1 aliphatic heterocycles. The summed E-state index contributed by atoms with van der Waals surface area (Å²) >= 11 is 0. The second-order valence-corrected chi connectivity index (χ2v) is 4.56. The molecule has 1 heterocycles. The third-order valence-electron chi connectivity index (χ3n) is 2.97. The Morgan fingerprint density at radius 2 is 1.85 bits per heavy atom. The predicted molar refractivity (Wildman–Crippen MR) is 78.7 cm³/mol. The number of carbonyl (C=O) groups excluding carboxylic acids is 1. The zero-order valence-corrected chi connectivity index (χ0v) is 11.1. The standard InChI is InChI=1S/C13H18N6O/c14-12(15)18-13(16)17-10-5-3-4-9(8-10)11(20)19-6-1-2-7-19/h3-5,8H,1-2,6-7H2,(H6,14,15,16,17,18). The number of hydrogen-bond acceptors (Lipinski definition) is 2. The van der Waals surface area contributed by atoms with Gasteiger partial charge in [-0.1, -0.05) is 6.07 Å². The molecule has 0 unspecified atom stereocenters. The first-order valence-corrected chi connectivity index (χ1v) is 6.39. The summed E-state index contributed by atoms with van der Waals surface area (Å²) in [5.41, 5.74) is 17.1. The van der Waals surface area contributed by atoms with Crippen LogP contribution < -0.4 is 17.2 Å². The van der Waals surface area contributed by atoms with Crippen LogP contribution in [0.3, 0.4) is 0 Å². The number of benzene rings is 1. The van der Waals surface area contributed by atoms with E-state index in [1.807, 2.05) is 4.90 Å². The summed E-state index contributed by atoms with van der Waals surface area (Å²) in [6.45, 7) is 1.62. The van der Waals surface area contributed by atoms with Crippen LogP contribution in [-0.4, -0.2) is 35.8 Å². The Labute approximate surface area is 117 Å². The van der Waals surface area contributed by atoms with Gasteiger partial charge >= 0.3 is 0 Å². The van der Waals surface area contributed by atoms with Crippen LogP contribution in [0, 0.1) is 0 Å². The molecule has 0 saturated carbocycles. The molecule has 0 spiro atoms. The van der Waals surface area contributed by atoms with Crippen LogP contribution in [0.2, 0.25) is 0 Å². The van der Waals surface area contributed by atoms with Crippen LogP contribution >= 0.6 is 0 Å².